The second kappa shape index (κ2) is 9.85. The van der Waals surface area contributed by atoms with Crippen molar-refractivity contribution in [2.24, 2.45) is 0 Å². The van der Waals surface area contributed by atoms with E-state index in [1.54, 1.807) is 13.0 Å². The molecule has 0 saturated carbocycles. The molecule has 4 nitrogen and oxygen atoms in total. The topological polar surface area (TPSA) is 53.3 Å². The average Bonchev–Trinajstić information content (AvgIpc) is 2.44. The summed E-state index contributed by atoms with van der Waals surface area (Å²) >= 11 is 0. The fourth-order valence-electron chi connectivity index (χ4n) is 1.70. The van der Waals surface area contributed by atoms with Crippen LogP contribution in [0.4, 0.5) is 0 Å². The quantitative estimate of drug-likeness (QED) is 0.310. The highest BCUT2D eigenvalue weighted by Crippen LogP contribution is 2.07. The molecular formula is C16H24N2O2. The van der Waals surface area contributed by atoms with Crippen molar-refractivity contribution in [1.29, 1.82) is 5.26 Å². The number of rotatable bonds is 7. The second-order valence-electron chi connectivity index (χ2n) is 4.28. The highest BCUT2D eigenvalue weighted by Gasteiger charge is 2.08. The van der Waals surface area contributed by atoms with Gasteiger partial charge in [-0.25, -0.2) is 4.79 Å². The molecule has 0 unspecified atom stereocenters. The van der Waals surface area contributed by atoms with Gasteiger partial charge in [0.05, 0.1) is 6.61 Å². The third-order valence-corrected chi connectivity index (χ3v) is 2.84. The molecule has 0 aliphatic carbocycles. The molecule has 4 heteroatoms. The average molecular weight is 276 g/mol. The van der Waals surface area contributed by atoms with E-state index in [1.165, 1.54) is 0 Å². The predicted octanol–water partition coefficient (Wildman–Crippen LogP) is 3.19. The van der Waals surface area contributed by atoms with E-state index in [0.29, 0.717) is 0 Å². The van der Waals surface area contributed by atoms with E-state index in [1.807, 2.05) is 32.1 Å². The van der Waals surface area contributed by atoms with Crippen LogP contribution < -0.4 is 0 Å². The lowest BCUT2D eigenvalue weighted by Gasteiger charge is -2.21. The lowest BCUT2D eigenvalue weighted by molar-refractivity contribution is -0.138. The second-order valence-corrected chi connectivity index (χ2v) is 4.28. The van der Waals surface area contributed by atoms with Gasteiger partial charge in [0.25, 0.3) is 0 Å². The van der Waals surface area contributed by atoms with Gasteiger partial charge in [0, 0.05) is 18.8 Å². The molecule has 110 valence electrons. The molecule has 0 aliphatic heterocycles. The minimum absolute atomic E-state index is 0.0227. The summed E-state index contributed by atoms with van der Waals surface area (Å²) in [6, 6.07) is 1.86. The van der Waals surface area contributed by atoms with Crippen LogP contribution >= 0.6 is 0 Å². The van der Waals surface area contributed by atoms with Gasteiger partial charge in [0.1, 0.15) is 11.6 Å². The standard InChI is InChI=1S/C16H24N2O2/c1-6-18(7-2)14(5)10-9-13(4)11-15(12-17)16(19)20-8-3/h9-11H,6-8H2,1-5H3/b13-9+,14-10+,15-11+. The molecule has 0 atom stereocenters. The van der Waals surface area contributed by atoms with Gasteiger partial charge >= 0.3 is 5.97 Å². The zero-order valence-electron chi connectivity index (χ0n) is 13.1. The fraction of sp³-hybridized carbons (Fsp3) is 0.500. The van der Waals surface area contributed by atoms with Gasteiger partial charge in [-0.3, -0.25) is 0 Å². The van der Waals surface area contributed by atoms with Crippen molar-refractivity contribution in [3.63, 3.8) is 0 Å². The van der Waals surface area contributed by atoms with Crippen LogP contribution in [-0.2, 0) is 9.53 Å². The lowest BCUT2D eigenvalue weighted by Crippen LogP contribution is -2.20. The molecule has 0 saturated heterocycles. The molecule has 0 amide bonds. The molecule has 0 radical (unpaired) electrons. The van der Waals surface area contributed by atoms with Crippen molar-refractivity contribution < 1.29 is 9.53 Å². The third kappa shape index (κ3) is 6.24. The Morgan fingerprint density at radius 2 is 1.80 bits per heavy atom. The van der Waals surface area contributed by atoms with E-state index in [-0.39, 0.29) is 12.2 Å². The van der Waals surface area contributed by atoms with Crippen LogP contribution in [0.1, 0.15) is 34.6 Å². The molecule has 0 fully saturated rings. The maximum atomic E-state index is 11.5. The first kappa shape index (κ1) is 18.0. The summed E-state index contributed by atoms with van der Waals surface area (Å²) < 4.78 is 4.81. The number of ether oxygens (including phenoxy) is 1. The van der Waals surface area contributed by atoms with Crippen LogP contribution in [0.15, 0.2) is 35.1 Å². The SMILES string of the molecule is CCOC(=O)/C(C#N)=C/C(C)=C/C=C(\C)N(CC)CC. The van der Waals surface area contributed by atoms with Gasteiger partial charge in [-0.05, 0) is 52.3 Å². The summed E-state index contributed by atoms with van der Waals surface area (Å²) in [5.74, 6) is -0.577. The maximum Gasteiger partial charge on any atom is 0.348 e. The van der Waals surface area contributed by atoms with Crippen molar-refractivity contribution in [3.05, 3.63) is 35.1 Å². The predicted molar refractivity (Wildman–Crippen MR) is 80.8 cm³/mol. The van der Waals surface area contributed by atoms with Crippen LogP contribution in [0, 0.1) is 11.3 Å². The molecular weight excluding hydrogens is 252 g/mol. The first-order valence-corrected chi connectivity index (χ1v) is 6.89. The molecule has 0 aromatic heterocycles. The van der Waals surface area contributed by atoms with Gasteiger partial charge in [-0.15, -0.1) is 0 Å². The largest absolute Gasteiger partial charge is 0.462 e. The van der Waals surface area contributed by atoms with E-state index >= 15 is 0 Å². The minimum atomic E-state index is -0.577. The lowest BCUT2D eigenvalue weighted by atomic mass is 10.1. The summed E-state index contributed by atoms with van der Waals surface area (Å²) in [6.07, 6.45) is 5.42. The zero-order valence-corrected chi connectivity index (χ0v) is 13.1. The number of nitriles is 1. The van der Waals surface area contributed by atoms with Gasteiger partial charge in [-0.1, -0.05) is 6.08 Å². The van der Waals surface area contributed by atoms with Crippen LogP contribution in [0.3, 0.4) is 0 Å². The van der Waals surface area contributed by atoms with Crippen LogP contribution in [0.25, 0.3) is 0 Å². The Morgan fingerprint density at radius 1 is 1.20 bits per heavy atom. The van der Waals surface area contributed by atoms with E-state index in [2.05, 4.69) is 18.7 Å². The van der Waals surface area contributed by atoms with Crippen molar-refractivity contribution in [3.8, 4) is 6.07 Å². The van der Waals surface area contributed by atoms with Crippen LogP contribution in [0.2, 0.25) is 0 Å². The summed E-state index contributed by atoms with van der Waals surface area (Å²) in [4.78, 5) is 13.7. The molecule has 20 heavy (non-hydrogen) atoms. The van der Waals surface area contributed by atoms with Crippen molar-refractivity contribution in [2.75, 3.05) is 19.7 Å². The molecule has 0 heterocycles. The van der Waals surface area contributed by atoms with E-state index in [4.69, 9.17) is 10.00 Å². The zero-order chi connectivity index (χ0) is 15.5. The Balaban J connectivity index is 5.02. The van der Waals surface area contributed by atoms with Crippen molar-refractivity contribution in [2.45, 2.75) is 34.6 Å². The third-order valence-electron chi connectivity index (χ3n) is 2.84. The van der Waals surface area contributed by atoms with Gasteiger partial charge in [0.15, 0.2) is 0 Å². The van der Waals surface area contributed by atoms with E-state index in [9.17, 15) is 4.79 Å². The monoisotopic (exact) mass is 276 g/mol. The molecule has 0 bridgehead atoms. The highest BCUT2D eigenvalue weighted by molar-refractivity contribution is 5.93. The van der Waals surface area contributed by atoms with Gasteiger partial charge < -0.3 is 9.64 Å². The van der Waals surface area contributed by atoms with Crippen molar-refractivity contribution in [1.82, 2.24) is 4.90 Å². The summed E-state index contributed by atoms with van der Waals surface area (Å²) in [5.41, 5.74) is 2.01. The fourth-order valence-corrected chi connectivity index (χ4v) is 1.70. The van der Waals surface area contributed by atoms with Crippen LogP contribution in [-0.4, -0.2) is 30.6 Å². The van der Waals surface area contributed by atoms with E-state index in [0.717, 1.165) is 24.4 Å². The molecule has 0 N–H and O–H groups in total. The summed E-state index contributed by atoms with van der Waals surface area (Å²) in [5, 5.41) is 8.94. The molecule has 0 spiro atoms. The highest BCUT2D eigenvalue weighted by atomic mass is 16.5. The number of allylic oxidation sites excluding steroid dienone is 5. The molecule has 0 aliphatic rings. The number of hydrogen-bond donors (Lipinski definition) is 0. The van der Waals surface area contributed by atoms with E-state index < -0.39 is 5.97 Å². The first-order valence-electron chi connectivity index (χ1n) is 6.89. The number of carbonyl (C=O) groups excluding carboxylic acids is 1. The van der Waals surface area contributed by atoms with Gasteiger partial charge in [-0.2, -0.15) is 5.26 Å². The maximum absolute atomic E-state index is 11.5. The number of hydrogen-bond acceptors (Lipinski definition) is 4. The molecule has 0 aromatic carbocycles. The number of esters is 1. The molecule has 0 rings (SSSR count). The Kier molecular flexibility index (Phi) is 8.86. The van der Waals surface area contributed by atoms with Crippen molar-refractivity contribution >= 4 is 5.97 Å². The van der Waals surface area contributed by atoms with Gasteiger partial charge in [0.2, 0.25) is 0 Å². The first-order chi connectivity index (χ1) is 9.49. The Hall–Kier alpha value is -2.02. The minimum Gasteiger partial charge on any atom is -0.462 e. The smallest absolute Gasteiger partial charge is 0.348 e. The normalized spacial score (nSPS) is 12.9. The summed E-state index contributed by atoms with van der Waals surface area (Å²) in [7, 11) is 0. The Morgan fingerprint density at radius 3 is 2.25 bits per heavy atom. The number of nitrogens with zero attached hydrogens (tertiary/aromatic N) is 2. The summed E-state index contributed by atoms with van der Waals surface area (Å²) in [6.45, 7) is 12.0. The Labute approximate surface area is 122 Å². The number of carbonyl (C=O) groups is 1. The van der Waals surface area contributed by atoms with Crippen LogP contribution in [0.5, 0.6) is 0 Å². The molecule has 0 aromatic rings. The Bertz CT molecular complexity index is 450.